The number of nitrogens with zero attached hydrogens (tertiary/aromatic N) is 2. The Morgan fingerprint density at radius 1 is 1.25 bits per heavy atom. The first-order valence-electron chi connectivity index (χ1n) is 3.78. The minimum Gasteiger partial charge on any atom is -0.374 e. The third-order valence-corrected chi connectivity index (χ3v) is 1.41. The van der Waals surface area contributed by atoms with Crippen molar-refractivity contribution in [1.82, 2.24) is 15.1 Å². The average molecular weight is 167 g/mol. The van der Waals surface area contributed by atoms with Gasteiger partial charge in [-0.05, 0) is 18.6 Å². The quantitative estimate of drug-likeness (QED) is 0.574. The van der Waals surface area contributed by atoms with Crippen LogP contribution in [0.2, 0.25) is 0 Å². The lowest BCUT2D eigenvalue weighted by Crippen LogP contribution is -2.34. The standard InChI is InChI=1S/C9H17N3/c1-5-10-8-12(7-3)9-11(4)6-2/h5-7,10H,1-3,8-9H2,4H3. The van der Waals surface area contributed by atoms with Gasteiger partial charge in [-0.15, -0.1) is 0 Å². The van der Waals surface area contributed by atoms with Crippen LogP contribution in [0.1, 0.15) is 0 Å². The third kappa shape index (κ3) is 4.44. The van der Waals surface area contributed by atoms with E-state index in [-0.39, 0.29) is 0 Å². The Balaban J connectivity index is 3.73. The Kier molecular flexibility index (Phi) is 5.61. The Bertz CT molecular complexity index is 154. The maximum Gasteiger partial charge on any atom is 0.0905 e. The molecule has 0 spiro atoms. The summed E-state index contributed by atoms with van der Waals surface area (Å²) in [6.07, 6.45) is 5.20. The first-order chi connectivity index (χ1) is 5.74. The zero-order valence-electron chi connectivity index (χ0n) is 7.66. The van der Waals surface area contributed by atoms with E-state index in [9.17, 15) is 0 Å². The number of nitrogens with one attached hydrogen (secondary N) is 1. The molecule has 0 radical (unpaired) electrons. The van der Waals surface area contributed by atoms with Crippen molar-refractivity contribution >= 4 is 0 Å². The number of hydrogen-bond acceptors (Lipinski definition) is 3. The summed E-state index contributed by atoms with van der Waals surface area (Å²) < 4.78 is 0. The molecule has 0 aliphatic rings. The van der Waals surface area contributed by atoms with E-state index >= 15 is 0 Å². The highest BCUT2D eigenvalue weighted by atomic mass is 15.3. The molecule has 0 aromatic heterocycles. The van der Waals surface area contributed by atoms with Crippen LogP contribution in [-0.4, -0.2) is 30.2 Å². The van der Waals surface area contributed by atoms with Crippen molar-refractivity contribution in [2.24, 2.45) is 0 Å². The Labute approximate surface area is 74.7 Å². The summed E-state index contributed by atoms with van der Waals surface area (Å²) >= 11 is 0. The zero-order chi connectivity index (χ0) is 9.40. The summed E-state index contributed by atoms with van der Waals surface area (Å²) in [5.41, 5.74) is 0. The fraction of sp³-hybridized carbons (Fsp3) is 0.333. The molecule has 0 unspecified atom stereocenters. The molecule has 3 heteroatoms. The molecular formula is C9H17N3. The Morgan fingerprint density at radius 2 is 1.92 bits per heavy atom. The lowest BCUT2D eigenvalue weighted by atomic mass is 10.6. The van der Waals surface area contributed by atoms with Gasteiger partial charge in [-0.25, -0.2) is 0 Å². The first kappa shape index (κ1) is 10.6. The lowest BCUT2D eigenvalue weighted by Gasteiger charge is -2.25. The van der Waals surface area contributed by atoms with Gasteiger partial charge in [0, 0.05) is 7.05 Å². The molecule has 0 aliphatic carbocycles. The van der Waals surface area contributed by atoms with Crippen LogP contribution in [0.5, 0.6) is 0 Å². The summed E-state index contributed by atoms with van der Waals surface area (Å²) in [5, 5.41) is 2.99. The van der Waals surface area contributed by atoms with Gasteiger partial charge in [0.2, 0.25) is 0 Å². The van der Waals surface area contributed by atoms with E-state index in [4.69, 9.17) is 0 Å². The summed E-state index contributed by atoms with van der Waals surface area (Å²) in [6, 6.07) is 0. The molecule has 0 aromatic carbocycles. The second-order valence-electron chi connectivity index (χ2n) is 2.42. The van der Waals surface area contributed by atoms with Crippen molar-refractivity contribution in [3.8, 4) is 0 Å². The van der Waals surface area contributed by atoms with Crippen LogP contribution in [0.3, 0.4) is 0 Å². The van der Waals surface area contributed by atoms with E-state index in [2.05, 4.69) is 25.1 Å². The molecule has 12 heavy (non-hydrogen) atoms. The predicted molar refractivity (Wildman–Crippen MR) is 53.1 cm³/mol. The summed E-state index contributed by atoms with van der Waals surface area (Å²) in [6.45, 7) is 12.4. The van der Waals surface area contributed by atoms with Gasteiger partial charge in [0.25, 0.3) is 0 Å². The maximum atomic E-state index is 3.69. The molecule has 0 atom stereocenters. The topological polar surface area (TPSA) is 18.5 Å². The van der Waals surface area contributed by atoms with E-state index < -0.39 is 0 Å². The predicted octanol–water partition coefficient (Wildman–Crippen LogP) is 1.16. The molecule has 0 aliphatic heterocycles. The van der Waals surface area contributed by atoms with E-state index in [1.807, 2.05) is 16.8 Å². The minimum atomic E-state index is 0.713. The van der Waals surface area contributed by atoms with Crippen LogP contribution in [-0.2, 0) is 0 Å². The van der Waals surface area contributed by atoms with Crippen LogP contribution in [0, 0.1) is 0 Å². The Morgan fingerprint density at radius 3 is 2.33 bits per heavy atom. The van der Waals surface area contributed by atoms with E-state index in [1.165, 1.54) is 0 Å². The van der Waals surface area contributed by atoms with Crippen molar-refractivity contribution < 1.29 is 0 Å². The van der Waals surface area contributed by atoms with Gasteiger partial charge in [-0.1, -0.05) is 19.7 Å². The average Bonchev–Trinajstić information content (AvgIpc) is 2.11. The SMILES string of the molecule is C=CNCN(C=C)CN(C)C=C. The molecule has 68 valence electrons. The van der Waals surface area contributed by atoms with Gasteiger partial charge in [-0.3, -0.25) is 0 Å². The molecule has 0 bridgehead atoms. The van der Waals surface area contributed by atoms with E-state index in [1.54, 1.807) is 18.6 Å². The highest BCUT2D eigenvalue weighted by Crippen LogP contribution is 1.90. The fourth-order valence-corrected chi connectivity index (χ4v) is 0.698. The molecule has 0 aromatic rings. The number of rotatable bonds is 7. The number of hydrogen-bond donors (Lipinski definition) is 1. The summed E-state index contributed by atoms with van der Waals surface area (Å²) in [5.74, 6) is 0. The van der Waals surface area contributed by atoms with E-state index in [0.717, 1.165) is 6.67 Å². The molecule has 0 saturated heterocycles. The van der Waals surface area contributed by atoms with Crippen LogP contribution in [0.25, 0.3) is 0 Å². The fourth-order valence-electron chi connectivity index (χ4n) is 0.698. The van der Waals surface area contributed by atoms with Gasteiger partial charge in [0.05, 0.1) is 13.3 Å². The lowest BCUT2D eigenvalue weighted by molar-refractivity contribution is 0.249. The second kappa shape index (κ2) is 6.34. The monoisotopic (exact) mass is 167 g/mol. The highest BCUT2D eigenvalue weighted by Gasteiger charge is 1.96. The van der Waals surface area contributed by atoms with Crippen molar-refractivity contribution in [2.45, 2.75) is 0 Å². The second-order valence-corrected chi connectivity index (χ2v) is 2.42. The van der Waals surface area contributed by atoms with Gasteiger partial charge in [-0.2, -0.15) is 0 Å². The molecular weight excluding hydrogens is 150 g/mol. The summed E-state index contributed by atoms with van der Waals surface area (Å²) in [7, 11) is 1.96. The third-order valence-electron chi connectivity index (χ3n) is 1.41. The summed E-state index contributed by atoms with van der Waals surface area (Å²) in [4.78, 5) is 3.97. The molecule has 3 nitrogen and oxygen atoms in total. The van der Waals surface area contributed by atoms with Crippen LogP contribution in [0.15, 0.2) is 38.3 Å². The molecule has 0 rings (SSSR count). The van der Waals surface area contributed by atoms with Gasteiger partial charge >= 0.3 is 0 Å². The minimum absolute atomic E-state index is 0.713. The molecule has 0 fully saturated rings. The van der Waals surface area contributed by atoms with Crippen molar-refractivity contribution in [3.05, 3.63) is 38.3 Å². The van der Waals surface area contributed by atoms with E-state index in [0.29, 0.717) is 6.67 Å². The Hall–Kier alpha value is -1.38. The smallest absolute Gasteiger partial charge is 0.0905 e. The van der Waals surface area contributed by atoms with Gasteiger partial charge in [0.15, 0.2) is 0 Å². The van der Waals surface area contributed by atoms with Crippen LogP contribution >= 0.6 is 0 Å². The highest BCUT2D eigenvalue weighted by molar-refractivity contribution is 4.75. The van der Waals surface area contributed by atoms with Crippen molar-refractivity contribution in [1.29, 1.82) is 0 Å². The van der Waals surface area contributed by atoms with Crippen LogP contribution in [0.4, 0.5) is 0 Å². The zero-order valence-corrected chi connectivity index (χ0v) is 7.66. The largest absolute Gasteiger partial charge is 0.374 e. The maximum absolute atomic E-state index is 3.69. The van der Waals surface area contributed by atoms with Gasteiger partial charge in [0.1, 0.15) is 0 Å². The van der Waals surface area contributed by atoms with Crippen molar-refractivity contribution in [2.75, 3.05) is 20.4 Å². The molecule has 1 N–H and O–H groups in total. The van der Waals surface area contributed by atoms with Crippen molar-refractivity contribution in [3.63, 3.8) is 0 Å². The van der Waals surface area contributed by atoms with Gasteiger partial charge < -0.3 is 15.1 Å². The van der Waals surface area contributed by atoms with Crippen LogP contribution < -0.4 is 5.32 Å². The first-order valence-corrected chi connectivity index (χ1v) is 3.78. The molecule has 0 heterocycles. The molecule has 0 amide bonds. The molecule has 0 saturated carbocycles. The normalized spacial score (nSPS) is 8.42.